The summed E-state index contributed by atoms with van der Waals surface area (Å²) in [5, 5.41) is 11.0. The summed E-state index contributed by atoms with van der Waals surface area (Å²) >= 11 is 1.46. The molecule has 4 rings (SSSR count). The van der Waals surface area contributed by atoms with E-state index in [1.54, 1.807) is 6.20 Å². The van der Waals surface area contributed by atoms with E-state index >= 15 is 0 Å². The molecule has 4 aromatic rings. The summed E-state index contributed by atoms with van der Waals surface area (Å²) in [6.45, 7) is 1.94. The van der Waals surface area contributed by atoms with E-state index in [-0.39, 0.29) is 11.7 Å². The number of aromatic amines is 1. The summed E-state index contributed by atoms with van der Waals surface area (Å²) < 4.78 is 5.83. The van der Waals surface area contributed by atoms with Crippen molar-refractivity contribution < 1.29 is 9.21 Å². The molecular formula is C18H15N5O2S. The van der Waals surface area contributed by atoms with Gasteiger partial charge in [0.15, 0.2) is 10.9 Å². The molecule has 0 radical (unpaired) electrons. The zero-order valence-electron chi connectivity index (χ0n) is 13.9. The van der Waals surface area contributed by atoms with Crippen molar-refractivity contribution in [3.63, 3.8) is 0 Å². The van der Waals surface area contributed by atoms with Crippen LogP contribution in [0.5, 0.6) is 0 Å². The molecule has 0 saturated carbocycles. The number of amides is 1. The monoisotopic (exact) mass is 365 g/mol. The normalized spacial score (nSPS) is 11.0. The first-order chi connectivity index (χ1) is 12.7. The third-order valence-electron chi connectivity index (χ3n) is 3.81. The Morgan fingerprint density at radius 3 is 2.96 bits per heavy atom. The first-order valence-electron chi connectivity index (χ1n) is 7.93. The quantitative estimate of drug-likeness (QED) is 0.522. The number of H-pyrrole nitrogens is 1. The van der Waals surface area contributed by atoms with Crippen LogP contribution >= 0.6 is 11.8 Å². The Morgan fingerprint density at radius 1 is 1.27 bits per heavy atom. The second kappa shape index (κ2) is 7.01. The van der Waals surface area contributed by atoms with Gasteiger partial charge in [0.2, 0.25) is 0 Å². The molecule has 26 heavy (non-hydrogen) atoms. The standard InChI is InChI=1S/C18H15N5O2S/c1-11-6-7-19-15(8-11)22-17(24)16-13(9-26-18-20-10-21-23-18)12-4-2-3-5-14(12)25-16/h2-8,10H,9H2,1H3,(H,19,22,24)(H,20,21,23). The van der Waals surface area contributed by atoms with E-state index in [9.17, 15) is 4.79 Å². The summed E-state index contributed by atoms with van der Waals surface area (Å²) in [4.78, 5) is 21.1. The molecule has 3 heterocycles. The molecular weight excluding hydrogens is 350 g/mol. The largest absolute Gasteiger partial charge is 0.451 e. The fourth-order valence-corrected chi connectivity index (χ4v) is 3.41. The maximum Gasteiger partial charge on any atom is 0.292 e. The van der Waals surface area contributed by atoms with Crippen LogP contribution in [0.4, 0.5) is 5.82 Å². The highest BCUT2D eigenvalue weighted by atomic mass is 32.2. The number of para-hydroxylation sites is 1. The molecule has 130 valence electrons. The number of anilines is 1. The minimum atomic E-state index is -0.326. The third kappa shape index (κ3) is 3.31. The Labute approximate surface area is 153 Å². The van der Waals surface area contributed by atoms with Gasteiger partial charge >= 0.3 is 0 Å². The molecule has 0 atom stereocenters. The number of nitrogens with one attached hydrogen (secondary N) is 2. The summed E-state index contributed by atoms with van der Waals surface area (Å²) in [7, 11) is 0. The molecule has 0 spiro atoms. The Hall–Kier alpha value is -3.13. The number of carbonyl (C=O) groups is 1. The molecule has 0 aliphatic carbocycles. The fraction of sp³-hybridized carbons (Fsp3) is 0.111. The summed E-state index contributed by atoms with van der Waals surface area (Å²) in [5.74, 6) is 0.967. The first-order valence-corrected chi connectivity index (χ1v) is 8.92. The fourth-order valence-electron chi connectivity index (χ4n) is 2.61. The lowest BCUT2D eigenvalue weighted by atomic mass is 10.1. The summed E-state index contributed by atoms with van der Waals surface area (Å²) in [5.41, 5.74) is 2.50. The van der Waals surface area contributed by atoms with E-state index in [1.165, 1.54) is 18.1 Å². The van der Waals surface area contributed by atoms with Crippen LogP contribution in [0.3, 0.4) is 0 Å². The molecule has 3 aromatic heterocycles. The van der Waals surface area contributed by atoms with Crippen molar-refractivity contribution in [1.82, 2.24) is 20.2 Å². The molecule has 1 amide bonds. The number of thioether (sulfide) groups is 1. The number of pyridine rings is 1. The molecule has 0 fully saturated rings. The van der Waals surface area contributed by atoms with Gasteiger partial charge in [-0.25, -0.2) is 9.97 Å². The molecule has 0 unspecified atom stereocenters. The van der Waals surface area contributed by atoms with E-state index in [2.05, 4.69) is 25.5 Å². The van der Waals surface area contributed by atoms with Crippen LogP contribution in [-0.4, -0.2) is 26.1 Å². The van der Waals surface area contributed by atoms with Gasteiger partial charge in [0.25, 0.3) is 5.91 Å². The Kier molecular flexibility index (Phi) is 4.40. The van der Waals surface area contributed by atoms with Crippen LogP contribution in [0.1, 0.15) is 21.7 Å². The number of carbonyl (C=O) groups excluding carboxylic acids is 1. The van der Waals surface area contributed by atoms with Gasteiger partial charge in [-0.15, -0.1) is 0 Å². The van der Waals surface area contributed by atoms with Gasteiger partial charge in [-0.3, -0.25) is 9.89 Å². The number of benzene rings is 1. The van der Waals surface area contributed by atoms with Gasteiger partial charge in [0, 0.05) is 22.9 Å². The van der Waals surface area contributed by atoms with Crippen molar-refractivity contribution >= 4 is 34.5 Å². The summed E-state index contributed by atoms with van der Waals surface area (Å²) in [6.07, 6.45) is 3.11. The van der Waals surface area contributed by atoms with Gasteiger partial charge in [-0.1, -0.05) is 30.0 Å². The molecule has 7 nitrogen and oxygen atoms in total. The van der Waals surface area contributed by atoms with Crippen LogP contribution in [0.2, 0.25) is 0 Å². The lowest BCUT2D eigenvalue weighted by Gasteiger charge is -2.05. The molecule has 1 aromatic carbocycles. The highest BCUT2D eigenvalue weighted by Gasteiger charge is 2.21. The number of hydrogen-bond acceptors (Lipinski definition) is 6. The van der Waals surface area contributed by atoms with E-state index in [0.717, 1.165) is 16.5 Å². The SMILES string of the molecule is Cc1ccnc(NC(=O)c2oc3ccccc3c2CSc2ncn[nH]2)c1. The smallest absolute Gasteiger partial charge is 0.292 e. The minimum absolute atomic E-state index is 0.279. The average molecular weight is 365 g/mol. The van der Waals surface area contributed by atoms with Gasteiger partial charge in [0.05, 0.1) is 0 Å². The van der Waals surface area contributed by atoms with Crippen LogP contribution in [0.25, 0.3) is 11.0 Å². The van der Waals surface area contributed by atoms with E-state index in [0.29, 0.717) is 22.3 Å². The van der Waals surface area contributed by atoms with Crippen molar-refractivity contribution in [1.29, 1.82) is 0 Å². The van der Waals surface area contributed by atoms with Crippen molar-refractivity contribution in [2.24, 2.45) is 0 Å². The molecule has 0 saturated heterocycles. The van der Waals surface area contributed by atoms with Crippen LogP contribution in [0.15, 0.2) is 58.5 Å². The maximum atomic E-state index is 12.8. The molecule has 8 heteroatoms. The van der Waals surface area contributed by atoms with Crippen molar-refractivity contribution in [2.75, 3.05) is 5.32 Å². The molecule has 0 aliphatic heterocycles. The minimum Gasteiger partial charge on any atom is -0.451 e. The van der Waals surface area contributed by atoms with Crippen molar-refractivity contribution in [3.05, 3.63) is 65.8 Å². The second-order valence-corrected chi connectivity index (χ2v) is 6.62. The Morgan fingerprint density at radius 2 is 2.15 bits per heavy atom. The highest BCUT2D eigenvalue weighted by molar-refractivity contribution is 7.98. The lowest BCUT2D eigenvalue weighted by Crippen LogP contribution is -2.13. The topological polar surface area (TPSA) is 96.7 Å². The zero-order chi connectivity index (χ0) is 17.9. The first kappa shape index (κ1) is 16.3. The number of hydrogen-bond donors (Lipinski definition) is 2. The Bertz CT molecular complexity index is 1060. The van der Waals surface area contributed by atoms with Crippen LogP contribution in [-0.2, 0) is 5.75 Å². The van der Waals surface area contributed by atoms with Gasteiger partial charge in [-0.05, 0) is 30.7 Å². The van der Waals surface area contributed by atoms with Crippen LogP contribution in [0, 0.1) is 6.92 Å². The van der Waals surface area contributed by atoms with E-state index in [1.807, 2.05) is 43.3 Å². The van der Waals surface area contributed by atoms with Gasteiger partial charge in [0.1, 0.15) is 17.7 Å². The number of fused-ring (bicyclic) bond motifs is 1. The zero-order valence-corrected chi connectivity index (χ0v) is 14.7. The van der Waals surface area contributed by atoms with E-state index < -0.39 is 0 Å². The number of rotatable bonds is 5. The van der Waals surface area contributed by atoms with Gasteiger partial charge in [-0.2, -0.15) is 5.10 Å². The second-order valence-electron chi connectivity index (χ2n) is 5.66. The highest BCUT2D eigenvalue weighted by Crippen LogP contribution is 2.31. The van der Waals surface area contributed by atoms with Gasteiger partial charge < -0.3 is 9.73 Å². The number of furan rings is 1. The van der Waals surface area contributed by atoms with Crippen molar-refractivity contribution in [2.45, 2.75) is 17.8 Å². The third-order valence-corrected chi connectivity index (χ3v) is 4.71. The predicted octanol–water partition coefficient (Wildman–Crippen LogP) is 3.80. The average Bonchev–Trinajstić information content (AvgIpc) is 3.27. The van der Waals surface area contributed by atoms with E-state index in [4.69, 9.17) is 4.42 Å². The number of aromatic nitrogens is 4. The van der Waals surface area contributed by atoms with Crippen LogP contribution < -0.4 is 5.32 Å². The van der Waals surface area contributed by atoms with Crippen molar-refractivity contribution in [3.8, 4) is 0 Å². The molecule has 2 N–H and O–H groups in total. The molecule has 0 bridgehead atoms. The predicted molar refractivity (Wildman–Crippen MR) is 99.1 cm³/mol. The summed E-state index contributed by atoms with van der Waals surface area (Å²) in [6, 6.07) is 11.3. The molecule has 0 aliphatic rings. The number of aryl methyl sites for hydroxylation is 1. The lowest BCUT2D eigenvalue weighted by molar-refractivity contribution is 0.0997. The number of nitrogens with zero attached hydrogens (tertiary/aromatic N) is 3. The Balaban J connectivity index is 1.66. The maximum absolute atomic E-state index is 12.8.